The Morgan fingerprint density at radius 2 is 2.17 bits per heavy atom. The van der Waals surface area contributed by atoms with Gasteiger partial charge in [0.15, 0.2) is 0 Å². The standard InChI is InChI=1S/C15H26N2O/c1-3-6-15(7-9-16-10-8-15)13-17(2)12-14-5-4-11-18-14/h4-5,11,16H,3,6-10,12-13H2,1-2H3. The summed E-state index contributed by atoms with van der Waals surface area (Å²) in [5, 5.41) is 3.48. The van der Waals surface area contributed by atoms with Gasteiger partial charge in [-0.15, -0.1) is 0 Å². The molecule has 3 nitrogen and oxygen atoms in total. The molecule has 1 aromatic heterocycles. The van der Waals surface area contributed by atoms with Crippen LogP contribution in [0.15, 0.2) is 22.8 Å². The predicted octanol–water partition coefficient (Wildman–Crippen LogP) is 2.88. The molecule has 0 unspecified atom stereocenters. The number of rotatable bonds is 6. The molecule has 0 aliphatic carbocycles. The summed E-state index contributed by atoms with van der Waals surface area (Å²) in [5.74, 6) is 1.07. The maximum Gasteiger partial charge on any atom is 0.117 e. The van der Waals surface area contributed by atoms with Crippen LogP contribution in [0.2, 0.25) is 0 Å². The average Bonchev–Trinajstić information content (AvgIpc) is 2.83. The smallest absolute Gasteiger partial charge is 0.117 e. The molecule has 0 aromatic carbocycles. The number of nitrogens with zero attached hydrogens (tertiary/aromatic N) is 1. The molecule has 2 rings (SSSR count). The van der Waals surface area contributed by atoms with Crippen molar-refractivity contribution in [3.8, 4) is 0 Å². The van der Waals surface area contributed by atoms with Gasteiger partial charge >= 0.3 is 0 Å². The first-order chi connectivity index (χ1) is 8.74. The van der Waals surface area contributed by atoms with E-state index in [0.717, 1.165) is 12.3 Å². The topological polar surface area (TPSA) is 28.4 Å². The summed E-state index contributed by atoms with van der Waals surface area (Å²) in [5.41, 5.74) is 0.515. The van der Waals surface area contributed by atoms with E-state index in [1.54, 1.807) is 6.26 Å². The molecule has 1 saturated heterocycles. The van der Waals surface area contributed by atoms with E-state index in [1.165, 1.54) is 45.3 Å². The van der Waals surface area contributed by atoms with Crippen LogP contribution >= 0.6 is 0 Å². The maximum absolute atomic E-state index is 5.43. The first-order valence-corrected chi connectivity index (χ1v) is 7.16. The molecule has 0 spiro atoms. The fourth-order valence-corrected chi connectivity index (χ4v) is 3.27. The van der Waals surface area contributed by atoms with Crippen LogP contribution in [0.3, 0.4) is 0 Å². The summed E-state index contributed by atoms with van der Waals surface area (Å²) < 4.78 is 5.43. The second-order valence-electron chi connectivity index (χ2n) is 5.75. The van der Waals surface area contributed by atoms with Crippen molar-refractivity contribution in [1.29, 1.82) is 0 Å². The van der Waals surface area contributed by atoms with Gasteiger partial charge < -0.3 is 9.73 Å². The minimum atomic E-state index is 0.515. The van der Waals surface area contributed by atoms with Crippen molar-refractivity contribution in [3.63, 3.8) is 0 Å². The Morgan fingerprint density at radius 1 is 1.39 bits per heavy atom. The maximum atomic E-state index is 5.43. The molecule has 18 heavy (non-hydrogen) atoms. The molecule has 102 valence electrons. The van der Waals surface area contributed by atoms with E-state index in [-0.39, 0.29) is 0 Å². The SMILES string of the molecule is CCCC1(CN(C)Cc2ccco2)CCNCC1. The van der Waals surface area contributed by atoms with E-state index in [9.17, 15) is 0 Å². The van der Waals surface area contributed by atoms with E-state index < -0.39 is 0 Å². The van der Waals surface area contributed by atoms with Crippen LogP contribution < -0.4 is 5.32 Å². The average molecular weight is 250 g/mol. The summed E-state index contributed by atoms with van der Waals surface area (Å²) in [6.07, 6.45) is 7.01. The molecule has 0 bridgehead atoms. The molecule has 1 fully saturated rings. The van der Waals surface area contributed by atoms with Crippen molar-refractivity contribution in [2.45, 2.75) is 39.2 Å². The highest BCUT2D eigenvalue weighted by atomic mass is 16.3. The van der Waals surface area contributed by atoms with Crippen LogP contribution in [0.25, 0.3) is 0 Å². The monoisotopic (exact) mass is 250 g/mol. The summed E-state index contributed by atoms with van der Waals surface area (Å²) in [6, 6.07) is 4.03. The quantitative estimate of drug-likeness (QED) is 0.841. The van der Waals surface area contributed by atoms with Gasteiger partial charge in [0.25, 0.3) is 0 Å². The Morgan fingerprint density at radius 3 is 2.78 bits per heavy atom. The largest absolute Gasteiger partial charge is 0.468 e. The zero-order chi connectivity index (χ0) is 12.8. The molecular weight excluding hydrogens is 224 g/mol. The molecule has 0 saturated carbocycles. The molecule has 1 aliphatic rings. The third kappa shape index (κ3) is 3.59. The van der Waals surface area contributed by atoms with E-state index in [0.29, 0.717) is 5.41 Å². The van der Waals surface area contributed by atoms with E-state index in [1.807, 2.05) is 6.07 Å². The third-order valence-electron chi connectivity index (χ3n) is 4.06. The van der Waals surface area contributed by atoms with Crippen molar-refractivity contribution in [2.75, 3.05) is 26.7 Å². The minimum Gasteiger partial charge on any atom is -0.468 e. The van der Waals surface area contributed by atoms with Gasteiger partial charge in [0, 0.05) is 6.54 Å². The van der Waals surface area contributed by atoms with Crippen molar-refractivity contribution in [3.05, 3.63) is 24.2 Å². The summed E-state index contributed by atoms with van der Waals surface area (Å²) >= 11 is 0. The molecule has 0 atom stereocenters. The highest BCUT2D eigenvalue weighted by molar-refractivity contribution is 4.98. The number of piperidine rings is 1. The second kappa shape index (κ2) is 6.39. The predicted molar refractivity (Wildman–Crippen MR) is 74.5 cm³/mol. The van der Waals surface area contributed by atoms with Gasteiger partial charge in [-0.05, 0) is 56.9 Å². The first-order valence-electron chi connectivity index (χ1n) is 7.16. The Labute approximate surface area is 111 Å². The van der Waals surface area contributed by atoms with Gasteiger partial charge in [-0.3, -0.25) is 4.90 Å². The van der Waals surface area contributed by atoms with E-state index >= 15 is 0 Å². The molecule has 0 amide bonds. The van der Waals surface area contributed by atoms with E-state index in [4.69, 9.17) is 4.42 Å². The Balaban J connectivity index is 1.91. The molecule has 1 aromatic rings. The lowest BCUT2D eigenvalue weighted by atomic mass is 9.75. The van der Waals surface area contributed by atoms with Crippen LogP contribution in [0, 0.1) is 5.41 Å². The van der Waals surface area contributed by atoms with Crippen LogP contribution in [0.5, 0.6) is 0 Å². The van der Waals surface area contributed by atoms with Gasteiger partial charge in [-0.1, -0.05) is 13.3 Å². The van der Waals surface area contributed by atoms with Crippen LogP contribution in [-0.4, -0.2) is 31.6 Å². The zero-order valence-electron chi connectivity index (χ0n) is 11.7. The number of furan rings is 1. The molecule has 3 heteroatoms. The first kappa shape index (κ1) is 13.6. The highest BCUT2D eigenvalue weighted by Gasteiger charge is 2.32. The lowest BCUT2D eigenvalue weighted by Gasteiger charge is -2.40. The summed E-state index contributed by atoms with van der Waals surface area (Å²) in [6.45, 7) is 6.76. The molecule has 2 heterocycles. The minimum absolute atomic E-state index is 0.515. The molecule has 1 aliphatic heterocycles. The second-order valence-corrected chi connectivity index (χ2v) is 5.75. The lowest BCUT2D eigenvalue weighted by Crippen LogP contribution is -2.43. The third-order valence-corrected chi connectivity index (χ3v) is 4.06. The van der Waals surface area contributed by atoms with Gasteiger partial charge in [-0.2, -0.15) is 0 Å². The molecule has 1 N–H and O–H groups in total. The molecular formula is C15H26N2O. The van der Waals surface area contributed by atoms with Crippen molar-refractivity contribution < 1.29 is 4.42 Å². The fourth-order valence-electron chi connectivity index (χ4n) is 3.27. The van der Waals surface area contributed by atoms with Gasteiger partial charge in [-0.25, -0.2) is 0 Å². The lowest BCUT2D eigenvalue weighted by molar-refractivity contribution is 0.108. The fraction of sp³-hybridized carbons (Fsp3) is 0.733. The van der Waals surface area contributed by atoms with Crippen LogP contribution in [0.1, 0.15) is 38.4 Å². The van der Waals surface area contributed by atoms with Gasteiger partial charge in [0.2, 0.25) is 0 Å². The normalized spacial score (nSPS) is 19.3. The number of hydrogen-bond donors (Lipinski definition) is 1. The number of nitrogens with one attached hydrogen (secondary N) is 1. The Kier molecular flexibility index (Phi) is 4.84. The Bertz CT molecular complexity index is 323. The molecule has 0 radical (unpaired) electrons. The van der Waals surface area contributed by atoms with E-state index in [2.05, 4.69) is 30.3 Å². The van der Waals surface area contributed by atoms with Crippen LogP contribution in [0.4, 0.5) is 0 Å². The summed E-state index contributed by atoms with van der Waals surface area (Å²) in [4.78, 5) is 2.42. The van der Waals surface area contributed by atoms with Crippen molar-refractivity contribution >= 4 is 0 Å². The highest BCUT2D eigenvalue weighted by Crippen LogP contribution is 2.34. The summed E-state index contributed by atoms with van der Waals surface area (Å²) in [7, 11) is 2.21. The zero-order valence-corrected chi connectivity index (χ0v) is 11.7. The number of hydrogen-bond acceptors (Lipinski definition) is 3. The van der Waals surface area contributed by atoms with Crippen molar-refractivity contribution in [1.82, 2.24) is 10.2 Å². The van der Waals surface area contributed by atoms with Crippen LogP contribution in [-0.2, 0) is 6.54 Å². The van der Waals surface area contributed by atoms with Crippen molar-refractivity contribution in [2.24, 2.45) is 5.41 Å². The Hall–Kier alpha value is -0.800. The van der Waals surface area contributed by atoms with Gasteiger partial charge in [0.1, 0.15) is 5.76 Å². The van der Waals surface area contributed by atoms with Gasteiger partial charge in [0.05, 0.1) is 12.8 Å².